The second kappa shape index (κ2) is 10.4. The van der Waals surface area contributed by atoms with E-state index in [1.54, 1.807) is 31.0 Å². The highest BCUT2D eigenvalue weighted by Crippen LogP contribution is 2.33. The quantitative estimate of drug-likeness (QED) is 0.639. The van der Waals surface area contributed by atoms with Gasteiger partial charge in [-0.05, 0) is 44.0 Å². The first-order valence-corrected chi connectivity index (χ1v) is 11.9. The zero-order valence-corrected chi connectivity index (χ0v) is 20.6. The number of aryl methyl sites for hydroxylation is 1. The summed E-state index contributed by atoms with van der Waals surface area (Å²) >= 11 is 0. The van der Waals surface area contributed by atoms with Crippen molar-refractivity contribution in [2.75, 3.05) is 39.8 Å². The summed E-state index contributed by atoms with van der Waals surface area (Å²) in [4.78, 5) is 44.4. The monoisotopic (exact) mass is 480 g/mol. The van der Waals surface area contributed by atoms with Crippen LogP contribution in [-0.2, 0) is 9.53 Å². The van der Waals surface area contributed by atoms with Crippen LogP contribution in [0.15, 0.2) is 58.3 Å². The van der Waals surface area contributed by atoms with E-state index in [9.17, 15) is 14.4 Å². The minimum atomic E-state index is -0.604. The van der Waals surface area contributed by atoms with Crippen LogP contribution in [0.25, 0.3) is 0 Å². The summed E-state index contributed by atoms with van der Waals surface area (Å²) in [6.45, 7) is 8.03. The number of ether oxygens (including phenoxy) is 1. The molecule has 9 heteroatoms. The fraction of sp³-hybridized carbons (Fsp3) is 0.423. The molecule has 1 aromatic heterocycles. The van der Waals surface area contributed by atoms with E-state index in [2.05, 4.69) is 10.2 Å². The van der Waals surface area contributed by atoms with Gasteiger partial charge in [0, 0.05) is 45.0 Å². The van der Waals surface area contributed by atoms with Gasteiger partial charge in [-0.2, -0.15) is 0 Å². The summed E-state index contributed by atoms with van der Waals surface area (Å²) < 4.78 is 10.7. The van der Waals surface area contributed by atoms with E-state index in [1.807, 2.05) is 38.1 Å². The average Bonchev–Trinajstić information content (AvgIpc) is 3.37. The summed E-state index contributed by atoms with van der Waals surface area (Å²) in [6.07, 6.45) is 1.49. The highest BCUT2D eigenvalue weighted by atomic mass is 16.5. The Balaban J connectivity index is 1.62. The number of urea groups is 1. The van der Waals surface area contributed by atoms with Crippen LogP contribution >= 0.6 is 0 Å². The van der Waals surface area contributed by atoms with Crippen molar-refractivity contribution in [1.82, 2.24) is 20.0 Å². The maximum atomic E-state index is 13.2. The van der Waals surface area contributed by atoms with Crippen molar-refractivity contribution in [3.05, 3.63) is 70.8 Å². The van der Waals surface area contributed by atoms with Crippen LogP contribution in [0.4, 0.5) is 4.79 Å². The fourth-order valence-electron chi connectivity index (χ4n) is 4.77. The van der Waals surface area contributed by atoms with E-state index in [0.29, 0.717) is 43.2 Å². The van der Waals surface area contributed by atoms with Gasteiger partial charge in [0.2, 0.25) is 0 Å². The van der Waals surface area contributed by atoms with Crippen LogP contribution in [0, 0.1) is 6.92 Å². The number of nitrogens with one attached hydrogen (secondary N) is 1. The summed E-state index contributed by atoms with van der Waals surface area (Å²) in [6, 6.07) is 10.1. The van der Waals surface area contributed by atoms with E-state index in [-0.39, 0.29) is 24.6 Å². The molecule has 4 rings (SSSR count). The third-order valence-corrected chi connectivity index (χ3v) is 6.65. The highest BCUT2D eigenvalue weighted by Gasteiger charge is 2.39. The average molecular weight is 481 g/mol. The third-order valence-electron chi connectivity index (χ3n) is 6.65. The van der Waals surface area contributed by atoms with Gasteiger partial charge < -0.3 is 19.4 Å². The number of carbonyl (C=O) groups is 3. The Labute approximate surface area is 205 Å². The lowest BCUT2D eigenvalue weighted by Crippen LogP contribution is -2.56. The van der Waals surface area contributed by atoms with Crippen molar-refractivity contribution >= 4 is 17.9 Å². The van der Waals surface area contributed by atoms with Crippen LogP contribution < -0.4 is 5.32 Å². The maximum Gasteiger partial charge on any atom is 0.338 e. The molecule has 3 amide bonds. The number of likely N-dealkylation sites (N-methyl/N-ethyl adjacent to an activating group) is 1. The Morgan fingerprint density at radius 1 is 1.17 bits per heavy atom. The van der Waals surface area contributed by atoms with Crippen LogP contribution in [0.3, 0.4) is 0 Å². The minimum absolute atomic E-state index is 0.0668. The summed E-state index contributed by atoms with van der Waals surface area (Å²) in [5.74, 6) is -0.257. The molecule has 1 N–H and O–H groups in total. The molecular formula is C26H32N4O5. The van der Waals surface area contributed by atoms with E-state index in [1.165, 1.54) is 11.2 Å². The standard InChI is InChI=1S/C26H32N4O5/c1-5-34-25(32)22-20(28(4)26(33)27-23(22)19-10-7-6-9-17(19)2)16-29-12-13-30(18(3)15-29)24(31)21-11-8-14-35-21/h6-11,14,18,23H,5,12-13,15-16H2,1-4H3,(H,27,33)/t18-,23+/m1/s1. The van der Waals surface area contributed by atoms with Crippen molar-refractivity contribution < 1.29 is 23.5 Å². The molecule has 2 aliphatic rings. The molecule has 0 aliphatic carbocycles. The Bertz CT molecular complexity index is 1130. The molecule has 2 atom stereocenters. The van der Waals surface area contributed by atoms with E-state index >= 15 is 0 Å². The SMILES string of the molecule is CCOC(=O)C1=C(CN2CCN(C(=O)c3ccco3)[C@H](C)C2)N(C)C(=O)N[C@H]1c1ccccc1C. The van der Waals surface area contributed by atoms with Gasteiger partial charge in [-0.25, -0.2) is 9.59 Å². The second-order valence-corrected chi connectivity index (χ2v) is 8.94. The number of esters is 1. The number of nitrogens with zero attached hydrogens (tertiary/aromatic N) is 3. The Morgan fingerprint density at radius 3 is 2.60 bits per heavy atom. The van der Waals surface area contributed by atoms with Gasteiger partial charge in [0.15, 0.2) is 5.76 Å². The molecule has 2 aliphatic heterocycles. The first-order chi connectivity index (χ1) is 16.8. The normalized spacial score (nSPS) is 21.2. The molecule has 0 spiro atoms. The molecule has 2 aromatic rings. The molecule has 1 fully saturated rings. The number of hydrogen-bond donors (Lipinski definition) is 1. The van der Waals surface area contributed by atoms with Gasteiger partial charge in [-0.1, -0.05) is 24.3 Å². The molecule has 0 radical (unpaired) electrons. The molecular weight excluding hydrogens is 448 g/mol. The molecule has 1 saturated heterocycles. The molecule has 186 valence electrons. The molecule has 1 aromatic carbocycles. The maximum absolute atomic E-state index is 13.2. The van der Waals surface area contributed by atoms with Gasteiger partial charge >= 0.3 is 12.0 Å². The van der Waals surface area contributed by atoms with Crippen LogP contribution in [0.5, 0.6) is 0 Å². The summed E-state index contributed by atoms with van der Waals surface area (Å²) in [5, 5.41) is 2.97. The van der Waals surface area contributed by atoms with Crippen LogP contribution in [-0.4, -0.2) is 78.5 Å². The molecule has 0 saturated carbocycles. The van der Waals surface area contributed by atoms with Gasteiger partial charge in [0.05, 0.1) is 24.5 Å². The first kappa shape index (κ1) is 24.5. The van der Waals surface area contributed by atoms with Gasteiger partial charge in [-0.3, -0.25) is 14.6 Å². The summed E-state index contributed by atoms with van der Waals surface area (Å²) in [7, 11) is 1.66. The largest absolute Gasteiger partial charge is 0.463 e. The van der Waals surface area contributed by atoms with Crippen molar-refractivity contribution in [3.63, 3.8) is 0 Å². The smallest absolute Gasteiger partial charge is 0.338 e. The van der Waals surface area contributed by atoms with E-state index < -0.39 is 12.0 Å². The molecule has 9 nitrogen and oxygen atoms in total. The van der Waals surface area contributed by atoms with Gasteiger partial charge in [0.1, 0.15) is 0 Å². The number of carbonyl (C=O) groups excluding carboxylic acids is 3. The van der Waals surface area contributed by atoms with Gasteiger partial charge in [-0.15, -0.1) is 0 Å². The van der Waals surface area contributed by atoms with E-state index in [4.69, 9.17) is 9.15 Å². The predicted octanol–water partition coefficient (Wildman–Crippen LogP) is 2.95. The number of benzene rings is 1. The summed E-state index contributed by atoms with van der Waals surface area (Å²) in [5.41, 5.74) is 2.88. The van der Waals surface area contributed by atoms with Crippen LogP contribution in [0.2, 0.25) is 0 Å². The van der Waals surface area contributed by atoms with E-state index in [0.717, 1.165) is 11.1 Å². The Kier molecular flexibility index (Phi) is 7.25. The molecule has 0 bridgehead atoms. The lowest BCUT2D eigenvalue weighted by atomic mass is 9.91. The first-order valence-electron chi connectivity index (χ1n) is 11.9. The van der Waals surface area contributed by atoms with Crippen LogP contribution in [0.1, 0.15) is 41.6 Å². The highest BCUT2D eigenvalue weighted by molar-refractivity contribution is 5.95. The second-order valence-electron chi connectivity index (χ2n) is 8.94. The third kappa shape index (κ3) is 4.95. The van der Waals surface area contributed by atoms with Crippen molar-refractivity contribution in [3.8, 4) is 0 Å². The Morgan fingerprint density at radius 2 is 1.94 bits per heavy atom. The lowest BCUT2D eigenvalue weighted by molar-refractivity contribution is -0.139. The number of amides is 3. The number of piperazine rings is 1. The molecule has 0 unspecified atom stereocenters. The topological polar surface area (TPSA) is 95.3 Å². The minimum Gasteiger partial charge on any atom is -0.463 e. The zero-order valence-electron chi connectivity index (χ0n) is 20.6. The predicted molar refractivity (Wildman–Crippen MR) is 130 cm³/mol. The molecule has 35 heavy (non-hydrogen) atoms. The number of furan rings is 1. The Hall–Kier alpha value is -3.59. The number of hydrogen-bond acceptors (Lipinski definition) is 6. The zero-order chi connectivity index (χ0) is 25.1. The molecule has 3 heterocycles. The fourth-order valence-corrected chi connectivity index (χ4v) is 4.77. The van der Waals surface area contributed by atoms with Crippen molar-refractivity contribution in [2.24, 2.45) is 0 Å². The van der Waals surface area contributed by atoms with Gasteiger partial charge in [0.25, 0.3) is 5.91 Å². The number of rotatable bonds is 6. The van der Waals surface area contributed by atoms with Crippen molar-refractivity contribution in [2.45, 2.75) is 32.9 Å². The lowest BCUT2D eigenvalue weighted by Gasteiger charge is -2.42. The van der Waals surface area contributed by atoms with Crippen molar-refractivity contribution in [1.29, 1.82) is 0 Å².